The maximum Gasteiger partial charge on any atom is 0.244 e. The van der Waals surface area contributed by atoms with Crippen LogP contribution in [0.1, 0.15) is 32.8 Å². The van der Waals surface area contributed by atoms with Crippen molar-refractivity contribution in [3.05, 3.63) is 53.1 Å². The molecule has 0 saturated heterocycles. The number of benzene rings is 2. The van der Waals surface area contributed by atoms with Crippen LogP contribution in [0.25, 0.3) is 0 Å². The highest BCUT2D eigenvalue weighted by Crippen LogP contribution is 2.35. The van der Waals surface area contributed by atoms with Gasteiger partial charge in [0.1, 0.15) is 25.8 Å². The molecule has 196 valence electrons. The third kappa shape index (κ3) is 6.41. The standard InChI is InChI=1S/C25H32ClN3O6S/c1-4-21(25(31)27-5-2)28(16-18-9-7-8-10-20(18)26)24(30)17-29(36(32,33)6-3)19-11-12-22-23(15-19)35-14-13-34-22/h7-12,15,21H,4-6,13-14,16-17H2,1-3H3,(H,27,31). The van der Waals surface area contributed by atoms with Gasteiger partial charge in [-0.05, 0) is 44.0 Å². The van der Waals surface area contributed by atoms with E-state index in [4.69, 9.17) is 21.1 Å². The molecule has 3 rings (SSSR count). The molecule has 0 bridgehead atoms. The number of fused-ring (bicyclic) bond motifs is 1. The van der Waals surface area contributed by atoms with Crippen LogP contribution < -0.4 is 19.1 Å². The van der Waals surface area contributed by atoms with Crippen molar-refractivity contribution in [2.24, 2.45) is 0 Å². The van der Waals surface area contributed by atoms with Crippen LogP contribution in [0.3, 0.4) is 0 Å². The molecule has 0 fully saturated rings. The summed E-state index contributed by atoms with van der Waals surface area (Å²) >= 11 is 6.36. The Labute approximate surface area is 217 Å². The largest absolute Gasteiger partial charge is 0.486 e. The number of hydrogen-bond acceptors (Lipinski definition) is 6. The normalized spacial score (nSPS) is 13.6. The van der Waals surface area contributed by atoms with E-state index in [1.165, 1.54) is 11.8 Å². The first-order valence-electron chi connectivity index (χ1n) is 11.9. The summed E-state index contributed by atoms with van der Waals surface area (Å²) in [7, 11) is -3.85. The van der Waals surface area contributed by atoms with E-state index in [1.807, 2.05) is 0 Å². The van der Waals surface area contributed by atoms with Gasteiger partial charge >= 0.3 is 0 Å². The molecule has 0 aromatic heterocycles. The molecule has 2 aromatic carbocycles. The molecule has 0 radical (unpaired) electrons. The summed E-state index contributed by atoms with van der Waals surface area (Å²) in [5.41, 5.74) is 0.928. The fourth-order valence-corrected chi connectivity index (χ4v) is 5.18. The summed E-state index contributed by atoms with van der Waals surface area (Å²) in [5, 5.41) is 3.21. The molecule has 2 amide bonds. The first-order chi connectivity index (χ1) is 17.2. The van der Waals surface area contributed by atoms with Crippen LogP contribution in [0.2, 0.25) is 5.02 Å². The number of hydrogen-bond donors (Lipinski definition) is 1. The summed E-state index contributed by atoms with van der Waals surface area (Å²) in [4.78, 5) is 28.0. The van der Waals surface area contributed by atoms with Gasteiger partial charge in [0.05, 0.1) is 11.4 Å². The lowest BCUT2D eigenvalue weighted by Gasteiger charge is -2.33. The van der Waals surface area contributed by atoms with E-state index in [2.05, 4.69) is 5.32 Å². The van der Waals surface area contributed by atoms with Crippen LogP contribution in [0.4, 0.5) is 5.69 Å². The molecule has 9 nitrogen and oxygen atoms in total. The van der Waals surface area contributed by atoms with Crippen LogP contribution in [0.5, 0.6) is 11.5 Å². The lowest BCUT2D eigenvalue weighted by molar-refractivity contribution is -0.140. The predicted molar refractivity (Wildman–Crippen MR) is 139 cm³/mol. The number of likely N-dealkylation sites (N-methyl/N-ethyl adjacent to an activating group) is 1. The summed E-state index contributed by atoms with van der Waals surface area (Å²) in [6, 6.07) is 11.0. The van der Waals surface area contributed by atoms with Crippen molar-refractivity contribution >= 4 is 39.1 Å². The summed E-state index contributed by atoms with van der Waals surface area (Å²) in [5.74, 6) is -0.145. The molecule has 1 N–H and O–H groups in total. The quantitative estimate of drug-likeness (QED) is 0.472. The molecular formula is C25H32ClN3O6S. The Morgan fingerprint density at radius 1 is 1.06 bits per heavy atom. The van der Waals surface area contributed by atoms with Gasteiger partial charge in [-0.2, -0.15) is 0 Å². The highest BCUT2D eigenvalue weighted by molar-refractivity contribution is 7.92. The molecule has 0 spiro atoms. The second-order valence-corrected chi connectivity index (χ2v) is 10.8. The Bertz CT molecular complexity index is 1190. The van der Waals surface area contributed by atoms with Crippen molar-refractivity contribution in [3.63, 3.8) is 0 Å². The second kappa shape index (κ2) is 12.3. The minimum Gasteiger partial charge on any atom is -0.486 e. The van der Waals surface area contributed by atoms with Gasteiger partial charge in [0, 0.05) is 24.2 Å². The molecule has 1 unspecified atom stereocenters. The molecule has 1 aliphatic rings. The molecule has 36 heavy (non-hydrogen) atoms. The molecule has 1 aliphatic heterocycles. The molecule has 1 heterocycles. The fraction of sp³-hybridized carbons (Fsp3) is 0.440. The monoisotopic (exact) mass is 537 g/mol. The van der Waals surface area contributed by atoms with E-state index in [0.717, 1.165) is 4.31 Å². The number of carbonyl (C=O) groups excluding carboxylic acids is 2. The molecule has 2 aromatic rings. The highest BCUT2D eigenvalue weighted by atomic mass is 35.5. The first-order valence-corrected chi connectivity index (χ1v) is 13.9. The van der Waals surface area contributed by atoms with Gasteiger partial charge in [-0.1, -0.05) is 36.7 Å². The van der Waals surface area contributed by atoms with Crippen molar-refractivity contribution in [3.8, 4) is 11.5 Å². The average Bonchev–Trinajstić information content (AvgIpc) is 2.87. The molecule has 0 saturated carbocycles. The summed E-state index contributed by atoms with van der Waals surface area (Å²) < 4.78 is 38.4. The zero-order valence-corrected chi connectivity index (χ0v) is 22.3. The number of anilines is 1. The van der Waals surface area contributed by atoms with Crippen molar-refractivity contribution in [1.29, 1.82) is 0 Å². The van der Waals surface area contributed by atoms with E-state index in [-0.39, 0.29) is 23.9 Å². The average molecular weight is 538 g/mol. The zero-order valence-electron chi connectivity index (χ0n) is 20.7. The van der Waals surface area contributed by atoms with E-state index in [1.54, 1.807) is 56.3 Å². The van der Waals surface area contributed by atoms with E-state index >= 15 is 0 Å². The van der Waals surface area contributed by atoms with Gasteiger partial charge in [-0.25, -0.2) is 8.42 Å². The van der Waals surface area contributed by atoms with Crippen molar-refractivity contribution in [2.75, 3.05) is 36.4 Å². The number of halogens is 1. The van der Waals surface area contributed by atoms with Gasteiger partial charge in [-0.15, -0.1) is 0 Å². The van der Waals surface area contributed by atoms with Gasteiger partial charge < -0.3 is 19.7 Å². The first kappa shape index (κ1) is 27.6. The number of amides is 2. The number of sulfonamides is 1. The fourth-order valence-electron chi connectivity index (χ4n) is 3.93. The number of ether oxygens (including phenoxy) is 2. The Morgan fingerprint density at radius 3 is 2.39 bits per heavy atom. The summed E-state index contributed by atoms with van der Waals surface area (Å²) in [6.07, 6.45) is 0.340. The maximum absolute atomic E-state index is 13.7. The minimum atomic E-state index is -3.85. The topological polar surface area (TPSA) is 105 Å². The smallest absolute Gasteiger partial charge is 0.244 e. The molecule has 1 atom stereocenters. The molecule has 11 heteroatoms. The van der Waals surface area contributed by atoms with Crippen LogP contribution in [0, 0.1) is 0 Å². The molecular weight excluding hydrogens is 506 g/mol. The van der Waals surface area contributed by atoms with Crippen LogP contribution >= 0.6 is 11.6 Å². The third-order valence-electron chi connectivity index (χ3n) is 5.83. The predicted octanol–water partition coefficient (Wildman–Crippen LogP) is 3.21. The number of nitrogens with one attached hydrogen (secondary N) is 1. The Balaban J connectivity index is 1.99. The zero-order chi connectivity index (χ0) is 26.3. The Kier molecular flexibility index (Phi) is 9.44. The van der Waals surface area contributed by atoms with Crippen molar-refractivity contribution in [2.45, 2.75) is 39.8 Å². The van der Waals surface area contributed by atoms with E-state index < -0.39 is 28.5 Å². The SMILES string of the molecule is CCNC(=O)C(CC)N(Cc1ccccc1Cl)C(=O)CN(c1ccc2c(c1)OCCO2)S(=O)(=O)CC. The van der Waals surface area contributed by atoms with Gasteiger partial charge in [-0.3, -0.25) is 13.9 Å². The lowest BCUT2D eigenvalue weighted by atomic mass is 10.1. The number of nitrogens with zero attached hydrogens (tertiary/aromatic N) is 2. The van der Waals surface area contributed by atoms with Crippen LogP contribution in [0.15, 0.2) is 42.5 Å². The van der Waals surface area contributed by atoms with Crippen LogP contribution in [-0.4, -0.2) is 63.2 Å². The minimum absolute atomic E-state index is 0.0509. The van der Waals surface area contributed by atoms with E-state index in [0.29, 0.717) is 48.3 Å². The summed E-state index contributed by atoms with van der Waals surface area (Å²) in [6.45, 7) is 5.80. The van der Waals surface area contributed by atoms with Gasteiger partial charge in [0.15, 0.2) is 11.5 Å². The third-order valence-corrected chi connectivity index (χ3v) is 7.94. The van der Waals surface area contributed by atoms with Crippen molar-refractivity contribution < 1.29 is 27.5 Å². The van der Waals surface area contributed by atoms with Gasteiger partial charge in [0.2, 0.25) is 21.8 Å². The number of carbonyl (C=O) groups is 2. The van der Waals surface area contributed by atoms with Gasteiger partial charge in [0.25, 0.3) is 0 Å². The highest BCUT2D eigenvalue weighted by Gasteiger charge is 2.33. The lowest BCUT2D eigenvalue weighted by Crippen LogP contribution is -2.52. The maximum atomic E-state index is 13.7. The number of rotatable bonds is 11. The van der Waals surface area contributed by atoms with E-state index in [9.17, 15) is 18.0 Å². The Hall–Kier alpha value is -2.98. The molecule has 0 aliphatic carbocycles. The van der Waals surface area contributed by atoms with Crippen LogP contribution in [-0.2, 0) is 26.2 Å². The Morgan fingerprint density at radius 2 is 1.75 bits per heavy atom. The van der Waals surface area contributed by atoms with Crippen molar-refractivity contribution in [1.82, 2.24) is 10.2 Å². The second-order valence-electron chi connectivity index (χ2n) is 8.17.